The van der Waals surface area contributed by atoms with E-state index in [2.05, 4.69) is 66.5 Å². The van der Waals surface area contributed by atoms with Crippen LogP contribution in [0.25, 0.3) is 0 Å². The van der Waals surface area contributed by atoms with Crippen LogP contribution in [0.3, 0.4) is 0 Å². The van der Waals surface area contributed by atoms with Gasteiger partial charge in [-0.05, 0) is 46.8 Å². The standard InChI is InChI=1S/C26H21NO3SSi/c1-32(2)25-13-7-3-9-19(25)27(20-10-4-8-14-26(20)32)18-15-16-24-22(17-18)30-21-11-5-6-12-23(21)31(24,28)29/h3-17H,1-2H3. The first-order chi connectivity index (χ1) is 15.4. The van der Waals surface area contributed by atoms with Gasteiger partial charge >= 0.3 is 0 Å². The zero-order valence-corrected chi connectivity index (χ0v) is 19.6. The van der Waals surface area contributed by atoms with Crippen LogP contribution in [0, 0.1) is 0 Å². The Bertz CT molecular complexity index is 1460. The van der Waals surface area contributed by atoms with E-state index in [0.717, 1.165) is 17.1 Å². The third kappa shape index (κ3) is 2.57. The molecule has 32 heavy (non-hydrogen) atoms. The van der Waals surface area contributed by atoms with Gasteiger partial charge in [-0.25, -0.2) is 8.42 Å². The molecule has 0 spiro atoms. The van der Waals surface area contributed by atoms with E-state index >= 15 is 0 Å². The van der Waals surface area contributed by atoms with Crippen molar-refractivity contribution < 1.29 is 13.2 Å². The molecular formula is C26H21NO3SSi. The lowest BCUT2D eigenvalue weighted by Gasteiger charge is -2.41. The molecule has 0 amide bonds. The summed E-state index contributed by atoms with van der Waals surface area (Å²) in [7, 11) is -5.50. The first-order valence-corrected chi connectivity index (χ1v) is 15.0. The number of fused-ring (bicyclic) bond motifs is 4. The van der Waals surface area contributed by atoms with Crippen molar-refractivity contribution in [1.29, 1.82) is 0 Å². The van der Waals surface area contributed by atoms with Crippen LogP contribution in [0.15, 0.2) is 101 Å². The van der Waals surface area contributed by atoms with E-state index in [9.17, 15) is 8.42 Å². The normalized spacial score (nSPS) is 16.8. The zero-order chi connectivity index (χ0) is 22.1. The van der Waals surface area contributed by atoms with E-state index in [4.69, 9.17) is 4.74 Å². The van der Waals surface area contributed by atoms with E-state index in [1.165, 1.54) is 10.4 Å². The van der Waals surface area contributed by atoms with Crippen LogP contribution in [0.2, 0.25) is 13.1 Å². The number of anilines is 3. The highest BCUT2D eigenvalue weighted by molar-refractivity contribution is 7.91. The first kappa shape index (κ1) is 19.3. The second-order valence-electron chi connectivity index (χ2n) is 8.68. The summed E-state index contributed by atoms with van der Waals surface area (Å²) < 4.78 is 32.4. The summed E-state index contributed by atoms with van der Waals surface area (Å²) in [6.45, 7) is 4.75. The summed E-state index contributed by atoms with van der Waals surface area (Å²) in [6.07, 6.45) is 0. The molecule has 4 aromatic carbocycles. The number of rotatable bonds is 1. The van der Waals surface area contributed by atoms with Gasteiger partial charge in [0.25, 0.3) is 0 Å². The lowest BCUT2D eigenvalue weighted by atomic mass is 10.1. The highest BCUT2D eigenvalue weighted by Gasteiger charge is 2.39. The van der Waals surface area contributed by atoms with E-state index in [1.54, 1.807) is 30.3 Å². The van der Waals surface area contributed by atoms with Crippen molar-refractivity contribution in [3.05, 3.63) is 91.0 Å². The average Bonchev–Trinajstić information content (AvgIpc) is 2.79. The topological polar surface area (TPSA) is 46.6 Å². The predicted molar refractivity (Wildman–Crippen MR) is 130 cm³/mol. The summed E-state index contributed by atoms with van der Waals surface area (Å²) >= 11 is 0. The number of hydrogen-bond acceptors (Lipinski definition) is 4. The second kappa shape index (κ2) is 6.57. The van der Waals surface area contributed by atoms with E-state index < -0.39 is 17.9 Å². The minimum absolute atomic E-state index is 0.202. The van der Waals surface area contributed by atoms with Crippen LogP contribution in [0.5, 0.6) is 11.5 Å². The molecule has 0 atom stereocenters. The maximum Gasteiger partial charge on any atom is 0.213 e. The fourth-order valence-electron chi connectivity index (χ4n) is 4.88. The Kier molecular flexibility index (Phi) is 3.97. The monoisotopic (exact) mass is 455 g/mol. The van der Waals surface area contributed by atoms with Crippen LogP contribution >= 0.6 is 0 Å². The molecule has 2 heterocycles. The van der Waals surface area contributed by atoms with Gasteiger partial charge in [0.1, 0.15) is 29.4 Å². The molecule has 2 aliphatic rings. The Hall–Kier alpha value is -3.35. The van der Waals surface area contributed by atoms with Gasteiger partial charge in [0.2, 0.25) is 9.84 Å². The number of sulfone groups is 1. The molecule has 4 nitrogen and oxygen atoms in total. The molecule has 0 saturated carbocycles. The van der Waals surface area contributed by atoms with E-state index in [1.807, 2.05) is 12.1 Å². The molecule has 2 aliphatic heterocycles. The maximum atomic E-state index is 13.2. The summed E-state index contributed by atoms with van der Waals surface area (Å²) in [5, 5.41) is 2.71. The lowest BCUT2D eigenvalue weighted by Crippen LogP contribution is -2.58. The minimum Gasteiger partial charge on any atom is -0.455 e. The van der Waals surface area contributed by atoms with Crippen LogP contribution < -0.4 is 20.0 Å². The fourth-order valence-corrected chi connectivity index (χ4v) is 9.35. The number of nitrogens with zero attached hydrogens (tertiary/aromatic N) is 1. The van der Waals surface area contributed by atoms with Gasteiger partial charge in [-0.2, -0.15) is 0 Å². The Morgan fingerprint density at radius 3 is 1.94 bits per heavy atom. The molecule has 0 aromatic heterocycles. The van der Waals surface area contributed by atoms with Gasteiger partial charge in [0.05, 0.1) is 0 Å². The Morgan fingerprint density at radius 1 is 0.688 bits per heavy atom. The van der Waals surface area contributed by atoms with Crippen molar-refractivity contribution in [1.82, 2.24) is 0 Å². The van der Waals surface area contributed by atoms with Crippen LogP contribution in [-0.4, -0.2) is 16.5 Å². The van der Waals surface area contributed by atoms with Crippen LogP contribution in [0.1, 0.15) is 0 Å². The fraction of sp³-hybridized carbons (Fsp3) is 0.0769. The van der Waals surface area contributed by atoms with E-state index in [-0.39, 0.29) is 9.79 Å². The quantitative estimate of drug-likeness (QED) is 0.325. The smallest absolute Gasteiger partial charge is 0.213 e. The second-order valence-corrected chi connectivity index (χ2v) is 14.9. The molecule has 4 aromatic rings. The lowest BCUT2D eigenvalue weighted by molar-refractivity contribution is 0.443. The van der Waals surface area contributed by atoms with Gasteiger partial charge in [0, 0.05) is 23.1 Å². The van der Waals surface area contributed by atoms with Gasteiger partial charge in [0.15, 0.2) is 0 Å². The highest BCUT2D eigenvalue weighted by atomic mass is 32.2. The van der Waals surface area contributed by atoms with Crippen molar-refractivity contribution in [2.75, 3.05) is 4.90 Å². The molecule has 6 heteroatoms. The number of ether oxygens (including phenoxy) is 1. The Balaban J connectivity index is 1.58. The Morgan fingerprint density at radius 2 is 1.25 bits per heavy atom. The van der Waals surface area contributed by atoms with Crippen molar-refractivity contribution in [2.45, 2.75) is 22.9 Å². The summed E-state index contributed by atoms with van der Waals surface area (Å²) in [6, 6.07) is 29.2. The average molecular weight is 456 g/mol. The van der Waals surface area contributed by atoms with Crippen molar-refractivity contribution >= 4 is 45.3 Å². The third-order valence-corrected chi connectivity index (χ3v) is 11.8. The summed E-state index contributed by atoms with van der Waals surface area (Å²) in [4.78, 5) is 2.63. The van der Waals surface area contributed by atoms with Gasteiger partial charge in [-0.1, -0.05) is 61.6 Å². The van der Waals surface area contributed by atoms with Crippen LogP contribution in [-0.2, 0) is 9.84 Å². The molecule has 0 unspecified atom stereocenters. The van der Waals surface area contributed by atoms with Gasteiger partial charge < -0.3 is 9.64 Å². The molecule has 6 rings (SSSR count). The molecule has 0 fully saturated rings. The van der Waals surface area contributed by atoms with Gasteiger partial charge in [-0.3, -0.25) is 0 Å². The van der Waals surface area contributed by atoms with E-state index in [0.29, 0.717) is 11.5 Å². The zero-order valence-electron chi connectivity index (χ0n) is 17.7. The van der Waals surface area contributed by atoms with Crippen LogP contribution in [0.4, 0.5) is 17.1 Å². The summed E-state index contributed by atoms with van der Waals surface area (Å²) in [5.41, 5.74) is 3.16. The first-order valence-electron chi connectivity index (χ1n) is 10.5. The Labute approximate surface area is 188 Å². The largest absolute Gasteiger partial charge is 0.455 e. The number of para-hydroxylation sites is 3. The van der Waals surface area contributed by atoms with Crippen molar-refractivity contribution in [2.24, 2.45) is 0 Å². The maximum absolute atomic E-state index is 13.2. The third-order valence-electron chi connectivity index (χ3n) is 6.47. The number of benzene rings is 4. The minimum atomic E-state index is -3.63. The number of hydrogen-bond donors (Lipinski definition) is 0. The molecular weight excluding hydrogens is 434 g/mol. The molecule has 0 N–H and O–H groups in total. The predicted octanol–water partition coefficient (Wildman–Crippen LogP) is 5.23. The molecule has 0 radical (unpaired) electrons. The molecule has 0 aliphatic carbocycles. The summed E-state index contributed by atoms with van der Waals surface area (Å²) in [5.74, 6) is 0.725. The molecule has 158 valence electrons. The van der Waals surface area contributed by atoms with Crippen molar-refractivity contribution in [3.8, 4) is 11.5 Å². The SMILES string of the molecule is C[Si]1(C)c2ccccc2N(c2ccc3c(c2)Oc2ccccc2S3(=O)=O)c2ccccc21. The highest BCUT2D eigenvalue weighted by Crippen LogP contribution is 2.46. The van der Waals surface area contributed by atoms with Crippen molar-refractivity contribution in [3.63, 3.8) is 0 Å². The van der Waals surface area contributed by atoms with Gasteiger partial charge in [-0.15, -0.1) is 0 Å². The molecule has 0 bridgehead atoms. The molecule has 0 saturated heterocycles.